The molecule has 29 heavy (non-hydrogen) atoms. The lowest BCUT2D eigenvalue weighted by molar-refractivity contribution is -0.119. The molecule has 4 aromatic rings. The molecule has 0 spiro atoms. The number of amides is 1. The minimum Gasteiger partial charge on any atom is -0.337 e. The number of thioether (sulfide) groups is 1. The minimum atomic E-state index is -0.786. The third-order valence-electron chi connectivity index (χ3n) is 5.47. The van der Waals surface area contributed by atoms with Gasteiger partial charge in [-0.2, -0.15) is 5.26 Å². The van der Waals surface area contributed by atoms with E-state index in [1.807, 2.05) is 59.9 Å². The second-order valence-corrected chi connectivity index (χ2v) is 8.54. The van der Waals surface area contributed by atoms with E-state index in [0.717, 1.165) is 40.4 Å². The quantitative estimate of drug-likeness (QED) is 0.405. The van der Waals surface area contributed by atoms with Gasteiger partial charge in [-0.15, -0.1) is 0 Å². The molecule has 1 atom stereocenters. The highest BCUT2D eigenvalue weighted by Crippen LogP contribution is 2.39. The molecule has 0 radical (unpaired) electrons. The van der Waals surface area contributed by atoms with Crippen molar-refractivity contribution in [2.45, 2.75) is 30.5 Å². The number of carbonyl (C=O) groups is 1. The fraction of sp³-hybridized carbons (Fsp3) is 0.273. The second-order valence-electron chi connectivity index (χ2n) is 7.60. The summed E-state index contributed by atoms with van der Waals surface area (Å²) in [6.45, 7) is 1.81. The molecule has 1 unspecified atom stereocenters. The zero-order valence-electron chi connectivity index (χ0n) is 15.9. The van der Waals surface area contributed by atoms with Crippen LogP contribution in [0.5, 0.6) is 0 Å². The van der Waals surface area contributed by atoms with Gasteiger partial charge in [-0.3, -0.25) is 9.20 Å². The van der Waals surface area contributed by atoms with Crippen LogP contribution in [0, 0.1) is 17.2 Å². The molecule has 2 aromatic carbocycles. The van der Waals surface area contributed by atoms with Gasteiger partial charge in [-0.25, -0.2) is 9.97 Å². The molecule has 1 fully saturated rings. The van der Waals surface area contributed by atoms with Gasteiger partial charge in [-0.05, 0) is 49.9 Å². The third kappa shape index (κ3) is 3.10. The van der Waals surface area contributed by atoms with Crippen LogP contribution in [0.1, 0.15) is 19.8 Å². The van der Waals surface area contributed by atoms with Crippen molar-refractivity contribution in [1.82, 2.24) is 19.7 Å². The van der Waals surface area contributed by atoms with Crippen molar-refractivity contribution in [1.29, 1.82) is 5.26 Å². The number of carbonyl (C=O) groups excluding carboxylic acids is 1. The number of fused-ring (bicyclic) bond motifs is 5. The highest BCUT2D eigenvalue weighted by Gasteiger charge is 2.42. The van der Waals surface area contributed by atoms with Gasteiger partial charge in [0.15, 0.2) is 5.16 Å². The first-order chi connectivity index (χ1) is 14.1. The summed E-state index contributed by atoms with van der Waals surface area (Å²) < 4.78 is 2.01. The summed E-state index contributed by atoms with van der Waals surface area (Å²) in [7, 11) is 0. The molecule has 1 aliphatic rings. The highest BCUT2D eigenvalue weighted by atomic mass is 32.2. The van der Waals surface area contributed by atoms with Gasteiger partial charge in [0.2, 0.25) is 5.91 Å². The topological polar surface area (TPSA) is 83.1 Å². The maximum atomic E-state index is 12.6. The first-order valence-electron chi connectivity index (χ1n) is 9.60. The first-order valence-corrected chi connectivity index (χ1v) is 10.6. The number of benzene rings is 2. The Labute approximate surface area is 171 Å². The number of nitrogens with one attached hydrogen (secondary N) is 1. The van der Waals surface area contributed by atoms with Crippen molar-refractivity contribution in [3.63, 3.8) is 0 Å². The summed E-state index contributed by atoms with van der Waals surface area (Å²) in [6, 6.07) is 18.1. The molecule has 5 rings (SSSR count). The Kier molecular flexibility index (Phi) is 4.18. The average molecular weight is 401 g/mol. The lowest BCUT2D eigenvalue weighted by Crippen LogP contribution is -2.47. The van der Waals surface area contributed by atoms with Crippen LogP contribution in [-0.2, 0) is 4.79 Å². The maximum absolute atomic E-state index is 12.6. The molecule has 1 saturated carbocycles. The molecule has 2 heterocycles. The lowest BCUT2D eigenvalue weighted by Gasteiger charge is -2.22. The van der Waals surface area contributed by atoms with E-state index in [2.05, 4.69) is 11.4 Å². The van der Waals surface area contributed by atoms with Crippen LogP contribution in [0.4, 0.5) is 0 Å². The summed E-state index contributed by atoms with van der Waals surface area (Å²) in [5, 5.41) is 14.1. The van der Waals surface area contributed by atoms with E-state index >= 15 is 0 Å². The molecule has 0 aliphatic heterocycles. The van der Waals surface area contributed by atoms with Crippen LogP contribution in [-0.4, -0.2) is 31.6 Å². The Morgan fingerprint density at radius 3 is 2.69 bits per heavy atom. The second kappa shape index (κ2) is 6.75. The van der Waals surface area contributed by atoms with Crippen molar-refractivity contribution in [2.24, 2.45) is 5.92 Å². The maximum Gasteiger partial charge on any atom is 0.231 e. The number of nitrogens with zero attached hydrogens (tertiary/aromatic N) is 4. The molecule has 144 valence electrons. The SMILES string of the molecule is CC(C#N)(NC(=O)CSc1nc2ccccc2c2nc3ccccc3n12)C1CC1. The van der Waals surface area contributed by atoms with Crippen LogP contribution < -0.4 is 5.32 Å². The molecule has 0 saturated heterocycles. The Bertz CT molecular complexity index is 1300. The van der Waals surface area contributed by atoms with E-state index in [-0.39, 0.29) is 17.6 Å². The fourth-order valence-electron chi connectivity index (χ4n) is 3.75. The van der Waals surface area contributed by atoms with Gasteiger partial charge in [0.1, 0.15) is 11.2 Å². The summed E-state index contributed by atoms with van der Waals surface area (Å²) >= 11 is 1.37. The van der Waals surface area contributed by atoms with E-state index in [0.29, 0.717) is 5.16 Å². The summed E-state index contributed by atoms with van der Waals surface area (Å²) in [5.41, 5.74) is 2.75. The third-order valence-corrected chi connectivity index (χ3v) is 6.41. The predicted molar refractivity (Wildman–Crippen MR) is 114 cm³/mol. The smallest absolute Gasteiger partial charge is 0.231 e. The van der Waals surface area contributed by atoms with Crippen LogP contribution in [0.3, 0.4) is 0 Å². The monoisotopic (exact) mass is 401 g/mol. The standard InChI is InChI=1S/C22H19N5OS/c1-22(13-23,14-10-11-14)26-19(28)12-29-21-25-16-7-3-2-6-15(16)20-24-17-8-4-5-9-18(17)27(20)21/h2-9,14H,10-12H2,1H3,(H,26,28). The summed E-state index contributed by atoms with van der Waals surface area (Å²) in [6.07, 6.45) is 1.98. The Hall–Kier alpha value is -3.11. The fourth-order valence-corrected chi connectivity index (χ4v) is 4.56. The van der Waals surface area contributed by atoms with Crippen LogP contribution in [0.2, 0.25) is 0 Å². The lowest BCUT2D eigenvalue weighted by atomic mass is 9.98. The Morgan fingerprint density at radius 2 is 1.93 bits per heavy atom. The number of hydrogen-bond acceptors (Lipinski definition) is 5. The van der Waals surface area contributed by atoms with Gasteiger partial charge in [0.05, 0.1) is 28.4 Å². The number of nitriles is 1. The normalized spacial score (nSPS) is 16.0. The molecule has 1 amide bonds. The molecular weight excluding hydrogens is 382 g/mol. The van der Waals surface area contributed by atoms with Crippen LogP contribution >= 0.6 is 11.8 Å². The van der Waals surface area contributed by atoms with Crippen molar-refractivity contribution >= 4 is 45.3 Å². The highest BCUT2D eigenvalue weighted by molar-refractivity contribution is 7.99. The Balaban J connectivity index is 1.52. The van der Waals surface area contributed by atoms with E-state index in [1.165, 1.54) is 11.8 Å². The minimum absolute atomic E-state index is 0.154. The zero-order chi connectivity index (χ0) is 20.0. The molecule has 1 aliphatic carbocycles. The first kappa shape index (κ1) is 18.0. The zero-order valence-corrected chi connectivity index (χ0v) is 16.7. The van der Waals surface area contributed by atoms with Crippen LogP contribution in [0.15, 0.2) is 53.7 Å². The van der Waals surface area contributed by atoms with Gasteiger partial charge in [-0.1, -0.05) is 36.0 Å². The van der Waals surface area contributed by atoms with Gasteiger partial charge >= 0.3 is 0 Å². The van der Waals surface area contributed by atoms with Crippen molar-refractivity contribution in [3.8, 4) is 6.07 Å². The number of imidazole rings is 1. The number of para-hydroxylation sites is 3. The van der Waals surface area contributed by atoms with Gasteiger partial charge in [0.25, 0.3) is 0 Å². The molecule has 6 nitrogen and oxygen atoms in total. The average Bonchev–Trinajstić information content (AvgIpc) is 3.53. The number of hydrogen-bond donors (Lipinski definition) is 1. The number of aromatic nitrogens is 3. The van der Waals surface area contributed by atoms with Gasteiger partial charge in [0, 0.05) is 5.39 Å². The van der Waals surface area contributed by atoms with E-state index in [1.54, 1.807) is 0 Å². The Morgan fingerprint density at radius 1 is 1.21 bits per heavy atom. The van der Waals surface area contributed by atoms with Crippen molar-refractivity contribution in [3.05, 3.63) is 48.5 Å². The van der Waals surface area contributed by atoms with E-state index < -0.39 is 5.54 Å². The van der Waals surface area contributed by atoms with Crippen molar-refractivity contribution < 1.29 is 4.79 Å². The van der Waals surface area contributed by atoms with Crippen molar-refractivity contribution in [2.75, 3.05) is 5.75 Å². The largest absolute Gasteiger partial charge is 0.337 e. The number of rotatable bonds is 5. The molecule has 0 bridgehead atoms. The van der Waals surface area contributed by atoms with E-state index in [9.17, 15) is 10.1 Å². The summed E-state index contributed by atoms with van der Waals surface area (Å²) in [5.74, 6) is 0.291. The van der Waals surface area contributed by atoms with Crippen LogP contribution in [0.25, 0.3) is 27.6 Å². The molecule has 1 N–H and O–H groups in total. The van der Waals surface area contributed by atoms with Gasteiger partial charge < -0.3 is 5.32 Å². The molecular formula is C22H19N5OS. The summed E-state index contributed by atoms with van der Waals surface area (Å²) in [4.78, 5) is 22.2. The van der Waals surface area contributed by atoms with E-state index in [4.69, 9.17) is 9.97 Å². The molecule has 7 heteroatoms. The molecule has 2 aromatic heterocycles. The predicted octanol–water partition coefficient (Wildman–Crippen LogP) is 3.94.